The lowest BCUT2D eigenvalue weighted by Crippen LogP contribution is -2.11. The Kier molecular flexibility index (Phi) is 1.92. The molecule has 2 rings (SSSR count). The smallest absolute Gasteiger partial charge is 0.136 e. The summed E-state index contributed by atoms with van der Waals surface area (Å²) in [6.07, 6.45) is 10.1. The first-order chi connectivity index (χ1) is 5.81. The molecule has 1 nitrogen and oxygen atoms in total. The topological polar surface area (TPSA) is 17.1 Å². The van der Waals surface area contributed by atoms with Crippen molar-refractivity contribution in [2.75, 3.05) is 0 Å². The second-order valence-electron chi connectivity index (χ2n) is 4.09. The van der Waals surface area contributed by atoms with Gasteiger partial charge in [-0.3, -0.25) is 4.79 Å². The third-order valence-corrected chi connectivity index (χ3v) is 3.21. The first kappa shape index (κ1) is 7.86. The van der Waals surface area contributed by atoms with E-state index in [9.17, 15) is 4.79 Å². The quantitative estimate of drug-likeness (QED) is 0.580. The van der Waals surface area contributed by atoms with Gasteiger partial charge in [-0.25, -0.2) is 0 Å². The van der Waals surface area contributed by atoms with Crippen LogP contribution in [0, 0.1) is 30.1 Å². The number of ketones is 1. The average molecular weight is 162 g/mol. The van der Waals surface area contributed by atoms with Gasteiger partial charge in [0.25, 0.3) is 0 Å². The second kappa shape index (κ2) is 2.94. The monoisotopic (exact) mass is 162 g/mol. The summed E-state index contributed by atoms with van der Waals surface area (Å²) in [5, 5.41) is 0. The molecule has 0 heterocycles. The minimum absolute atomic E-state index is 0.377. The zero-order chi connectivity index (χ0) is 8.55. The summed E-state index contributed by atoms with van der Waals surface area (Å²) in [4.78, 5) is 11.5. The van der Waals surface area contributed by atoms with Gasteiger partial charge in [-0.1, -0.05) is 0 Å². The van der Waals surface area contributed by atoms with E-state index in [2.05, 4.69) is 5.92 Å². The predicted molar refractivity (Wildman–Crippen MR) is 47.4 cm³/mol. The summed E-state index contributed by atoms with van der Waals surface area (Å²) in [6, 6.07) is 0. The Morgan fingerprint density at radius 1 is 1.33 bits per heavy atom. The van der Waals surface area contributed by atoms with Crippen molar-refractivity contribution in [2.45, 2.75) is 32.1 Å². The van der Waals surface area contributed by atoms with Crippen LogP contribution in [0.15, 0.2) is 0 Å². The zero-order valence-corrected chi connectivity index (χ0v) is 7.25. The van der Waals surface area contributed by atoms with Crippen molar-refractivity contribution in [1.29, 1.82) is 0 Å². The molecule has 0 aromatic rings. The number of carbonyl (C=O) groups excluding carboxylic acids is 1. The minimum Gasteiger partial charge on any atom is -0.299 e. The van der Waals surface area contributed by atoms with Crippen LogP contribution in [-0.2, 0) is 4.79 Å². The highest BCUT2D eigenvalue weighted by Crippen LogP contribution is 2.54. The minimum atomic E-state index is 0.377. The lowest BCUT2D eigenvalue weighted by atomic mass is 9.95. The van der Waals surface area contributed by atoms with Crippen LogP contribution >= 0.6 is 0 Å². The Bertz CT molecular complexity index is 226. The van der Waals surface area contributed by atoms with Crippen LogP contribution < -0.4 is 0 Å². The van der Waals surface area contributed by atoms with Gasteiger partial charge in [0, 0.05) is 18.8 Å². The number of hydrogen-bond acceptors (Lipinski definition) is 1. The second-order valence-corrected chi connectivity index (χ2v) is 4.09. The molecule has 0 aromatic carbocycles. The fourth-order valence-electron chi connectivity index (χ4n) is 2.38. The summed E-state index contributed by atoms with van der Waals surface area (Å²) in [6.45, 7) is 0. The van der Waals surface area contributed by atoms with Crippen molar-refractivity contribution >= 4 is 5.78 Å². The van der Waals surface area contributed by atoms with Crippen LogP contribution in [0.1, 0.15) is 32.1 Å². The lowest BCUT2D eigenvalue weighted by molar-refractivity contribution is -0.122. The molecule has 2 fully saturated rings. The van der Waals surface area contributed by atoms with Crippen molar-refractivity contribution in [3.63, 3.8) is 0 Å². The summed E-state index contributed by atoms with van der Waals surface area (Å²) < 4.78 is 0. The van der Waals surface area contributed by atoms with Crippen molar-refractivity contribution in [3.8, 4) is 12.3 Å². The Balaban J connectivity index is 1.78. The maximum absolute atomic E-state index is 11.5. The third kappa shape index (κ3) is 1.39. The van der Waals surface area contributed by atoms with Gasteiger partial charge >= 0.3 is 0 Å². The van der Waals surface area contributed by atoms with E-state index < -0.39 is 0 Å². The third-order valence-electron chi connectivity index (χ3n) is 3.21. The molecule has 0 saturated heterocycles. The van der Waals surface area contributed by atoms with Gasteiger partial charge in [-0.2, -0.15) is 0 Å². The van der Waals surface area contributed by atoms with Gasteiger partial charge in [-0.05, 0) is 31.1 Å². The molecule has 64 valence electrons. The van der Waals surface area contributed by atoms with Gasteiger partial charge in [-0.15, -0.1) is 12.3 Å². The molecule has 0 aliphatic heterocycles. The van der Waals surface area contributed by atoms with E-state index in [-0.39, 0.29) is 0 Å². The number of hydrogen-bond donors (Lipinski definition) is 0. The number of terminal acetylenes is 1. The molecule has 2 atom stereocenters. The number of carbonyl (C=O) groups is 1. The van der Waals surface area contributed by atoms with Crippen molar-refractivity contribution < 1.29 is 4.79 Å². The van der Waals surface area contributed by atoms with E-state index in [4.69, 9.17) is 6.42 Å². The molecule has 0 spiro atoms. The molecule has 12 heavy (non-hydrogen) atoms. The van der Waals surface area contributed by atoms with Gasteiger partial charge in [0.05, 0.1) is 0 Å². The van der Waals surface area contributed by atoms with E-state index in [0.717, 1.165) is 24.7 Å². The predicted octanol–water partition coefficient (Wildman–Crippen LogP) is 2.01. The molecule has 0 amide bonds. The fraction of sp³-hybridized carbons (Fsp3) is 0.727. The van der Waals surface area contributed by atoms with Gasteiger partial charge in [0.15, 0.2) is 0 Å². The van der Waals surface area contributed by atoms with E-state index in [1.807, 2.05) is 0 Å². The molecule has 2 unspecified atom stereocenters. The molecule has 0 bridgehead atoms. The van der Waals surface area contributed by atoms with Crippen molar-refractivity contribution in [3.05, 3.63) is 0 Å². The Morgan fingerprint density at radius 2 is 2.00 bits per heavy atom. The molecule has 2 aliphatic carbocycles. The van der Waals surface area contributed by atoms with Crippen LogP contribution in [-0.4, -0.2) is 5.78 Å². The summed E-state index contributed by atoms with van der Waals surface area (Å²) in [7, 11) is 0. The van der Waals surface area contributed by atoms with Crippen LogP contribution in [0.4, 0.5) is 0 Å². The lowest BCUT2D eigenvalue weighted by Gasteiger charge is -2.08. The molecular formula is C11H14O. The molecular weight excluding hydrogens is 148 g/mol. The normalized spacial score (nSPS) is 37.1. The highest BCUT2D eigenvalue weighted by Gasteiger charge is 2.47. The van der Waals surface area contributed by atoms with Crippen molar-refractivity contribution in [2.24, 2.45) is 17.8 Å². The first-order valence-corrected chi connectivity index (χ1v) is 4.77. The van der Waals surface area contributed by atoms with E-state index in [1.165, 1.54) is 6.42 Å². The molecule has 1 heteroatoms. The van der Waals surface area contributed by atoms with E-state index in [1.54, 1.807) is 0 Å². The molecule has 0 radical (unpaired) electrons. The van der Waals surface area contributed by atoms with Crippen LogP contribution in [0.5, 0.6) is 0 Å². The van der Waals surface area contributed by atoms with Gasteiger partial charge in [0.2, 0.25) is 0 Å². The number of Topliss-reactive ketones (excluding diaryl/α,β-unsaturated/α-hetero) is 1. The summed E-state index contributed by atoms with van der Waals surface area (Å²) in [5.41, 5.74) is 0. The van der Waals surface area contributed by atoms with Gasteiger partial charge in [0.1, 0.15) is 5.78 Å². The SMILES string of the molecule is C#CCCC(=O)C1CC2CC2C1. The molecule has 2 saturated carbocycles. The fourth-order valence-corrected chi connectivity index (χ4v) is 2.38. The maximum atomic E-state index is 11.5. The van der Waals surface area contributed by atoms with Crippen LogP contribution in [0.25, 0.3) is 0 Å². The summed E-state index contributed by atoms with van der Waals surface area (Å²) >= 11 is 0. The largest absolute Gasteiger partial charge is 0.299 e. The molecule has 0 N–H and O–H groups in total. The maximum Gasteiger partial charge on any atom is 0.136 e. The number of fused-ring (bicyclic) bond motifs is 1. The highest BCUT2D eigenvalue weighted by molar-refractivity contribution is 5.81. The number of rotatable bonds is 3. The molecule has 2 aliphatic rings. The van der Waals surface area contributed by atoms with Crippen molar-refractivity contribution in [1.82, 2.24) is 0 Å². The Labute approximate surface area is 73.5 Å². The Morgan fingerprint density at radius 3 is 2.58 bits per heavy atom. The first-order valence-electron chi connectivity index (χ1n) is 4.77. The van der Waals surface area contributed by atoms with E-state index >= 15 is 0 Å². The highest BCUT2D eigenvalue weighted by atomic mass is 16.1. The standard InChI is InChI=1S/C11H14O/c1-2-3-4-11(12)10-6-8-5-9(8)7-10/h1,8-10H,3-7H2. The summed E-state index contributed by atoms with van der Waals surface area (Å²) in [5.74, 6) is 5.13. The Hall–Kier alpha value is -0.770. The molecule has 0 aromatic heterocycles. The zero-order valence-electron chi connectivity index (χ0n) is 7.25. The van der Waals surface area contributed by atoms with Crippen LogP contribution in [0.3, 0.4) is 0 Å². The average Bonchev–Trinajstić information content (AvgIpc) is 2.69. The van der Waals surface area contributed by atoms with E-state index in [0.29, 0.717) is 24.5 Å². The van der Waals surface area contributed by atoms with Gasteiger partial charge < -0.3 is 0 Å². The van der Waals surface area contributed by atoms with Crippen LogP contribution in [0.2, 0.25) is 0 Å².